The summed E-state index contributed by atoms with van der Waals surface area (Å²) < 4.78 is 32.1. The lowest BCUT2D eigenvalue weighted by Gasteiger charge is -2.60. The number of nitrogens with zero attached hydrogens (tertiary/aromatic N) is 2. The number of hydrogen-bond donors (Lipinski definition) is 1. The van der Waals surface area contributed by atoms with Crippen molar-refractivity contribution >= 4 is 23.5 Å². The molecule has 2 spiro atoms. The van der Waals surface area contributed by atoms with Gasteiger partial charge in [-0.2, -0.15) is 0 Å². The lowest BCUT2D eigenvalue weighted by Crippen LogP contribution is -2.70. The van der Waals surface area contributed by atoms with Crippen LogP contribution in [0.3, 0.4) is 0 Å². The molecule has 64 heavy (non-hydrogen) atoms. The zero-order valence-corrected chi connectivity index (χ0v) is 39.5. The summed E-state index contributed by atoms with van der Waals surface area (Å²) in [4.78, 5) is 70.5. The maximum Gasteiger partial charge on any atom is 0.325 e. The fourth-order valence-electron chi connectivity index (χ4n) is 13.6. The largest absolute Gasteiger partial charge is 0.468 e. The predicted molar refractivity (Wildman–Crippen MR) is 233 cm³/mol. The second-order valence-electron chi connectivity index (χ2n) is 21.4. The van der Waals surface area contributed by atoms with Gasteiger partial charge in [0, 0.05) is 56.6 Å². The van der Waals surface area contributed by atoms with Gasteiger partial charge in [-0.15, -0.1) is 0 Å². The maximum atomic E-state index is 14.9. The summed E-state index contributed by atoms with van der Waals surface area (Å²) in [6.45, 7) is 12.9. The summed E-state index contributed by atoms with van der Waals surface area (Å²) in [5.41, 5.74) is 0.0392. The Morgan fingerprint density at radius 1 is 0.734 bits per heavy atom. The molecule has 1 aromatic carbocycles. The highest BCUT2D eigenvalue weighted by atomic mass is 17.3. The molecule has 2 saturated carbocycles. The number of methoxy groups -OCH3 is 1. The zero-order chi connectivity index (χ0) is 45.3. The molecule has 10 aliphatic rings. The molecule has 17 atom stereocenters. The fraction of sp³-hybridized carbons (Fsp3) is 0.816. The molecule has 356 valence electrons. The van der Waals surface area contributed by atoms with Gasteiger partial charge in [-0.3, -0.25) is 14.4 Å². The lowest BCUT2D eigenvalue weighted by molar-refractivity contribution is -0.571. The molecule has 1 unspecified atom stereocenters. The van der Waals surface area contributed by atoms with E-state index in [4.69, 9.17) is 43.2 Å². The number of carbonyl (C=O) groups is 3. The van der Waals surface area contributed by atoms with Crippen LogP contribution >= 0.6 is 0 Å². The number of hydrogen-bond acceptors (Lipinski definition) is 13. The minimum Gasteiger partial charge on any atom is -0.468 e. The quantitative estimate of drug-likeness (QED) is 0.161. The van der Waals surface area contributed by atoms with Crippen LogP contribution in [0.5, 0.6) is 0 Å². The van der Waals surface area contributed by atoms with Crippen LogP contribution in [0, 0.1) is 47.3 Å². The van der Waals surface area contributed by atoms with Crippen molar-refractivity contribution in [1.29, 1.82) is 0 Å². The van der Waals surface area contributed by atoms with Gasteiger partial charge in [0.05, 0.1) is 19.3 Å². The first-order chi connectivity index (χ1) is 30.5. The van der Waals surface area contributed by atoms with Crippen molar-refractivity contribution in [2.24, 2.45) is 47.3 Å². The van der Waals surface area contributed by atoms with Crippen LogP contribution in [0.1, 0.15) is 129 Å². The minimum atomic E-state index is -0.930. The Labute approximate surface area is 379 Å². The molecule has 15 nitrogen and oxygen atoms in total. The van der Waals surface area contributed by atoms with Crippen LogP contribution in [0.4, 0.5) is 5.69 Å². The number of amides is 2. The molecule has 10 fully saturated rings. The lowest BCUT2D eigenvalue weighted by atomic mass is 9.57. The highest BCUT2D eigenvalue weighted by Crippen LogP contribution is 2.62. The Balaban J connectivity index is 0.980. The topological polar surface area (TPSA) is 153 Å². The molecule has 4 bridgehead atoms. The number of rotatable bonds is 13. The number of fused-ring (bicyclic) bond motifs is 4. The van der Waals surface area contributed by atoms with Gasteiger partial charge in [-0.1, -0.05) is 27.7 Å². The summed E-state index contributed by atoms with van der Waals surface area (Å²) in [6.07, 6.45) is 7.76. The summed E-state index contributed by atoms with van der Waals surface area (Å²) in [6, 6.07) is 6.52. The number of ether oxygens (including phenoxy) is 5. The molecule has 11 rings (SSSR count). The van der Waals surface area contributed by atoms with E-state index in [1.54, 1.807) is 4.90 Å². The van der Waals surface area contributed by atoms with Gasteiger partial charge in [-0.25, -0.2) is 19.6 Å². The molecule has 2 aliphatic carbocycles. The van der Waals surface area contributed by atoms with Gasteiger partial charge >= 0.3 is 5.97 Å². The zero-order valence-electron chi connectivity index (χ0n) is 39.5. The van der Waals surface area contributed by atoms with Crippen molar-refractivity contribution in [2.45, 2.75) is 172 Å². The van der Waals surface area contributed by atoms with Crippen LogP contribution in [0.25, 0.3) is 0 Å². The number of carbonyl (C=O) groups excluding carboxylic acids is 3. The number of nitrogens with one attached hydrogen (secondary N) is 1. The average Bonchev–Trinajstić information content (AvgIpc) is 3.66. The van der Waals surface area contributed by atoms with Crippen molar-refractivity contribution in [3.8, 4) is 0 Å². The number of esters is 1. The first-order valence-corrected chi connectivity index (χ1v) is 24.4. The molecule has 8 heterocycles. The fourth-order valence-corrected chi connectivity index (χ4v) is 13.6. The minimum absolute atomic E-state index is 0.0520. The van der Waals surface area contributed by atoms with Crippen LogP contribution in [-0.2, 0) is 52.8 Å². The van der Waals surface area contributed by atoms with E-state index in [-0.39, 0.29) is 73.1 Å². The molecular formula is C49H73N3O12. The Morgan fingerprint density at radius 3 is 1.78 bits per heavy atom. The molecule has 8 saturated heterocycles. The first-order valence-electron chi connectivity index (χ1n) is 24.4. The molecule has 1 N–H and O–H groups in total. The van der Waals surface area contributed by atoms with Gasteiger partial charge in [-0.05, 0) is 138 Å². The van der Waals surface area contributed by atoms with Crippen LogP contribution < -0.4 is 10.2 Å². The van der Waals surface area contributed by atoms with Crippen LogP contribution in [-0.4, -0.2) is 111 Å². The molecular weight excluding hydrogens is 823 g/mol. The predicted octanol–water partition coefficient (Wildman–Crippen LogP) is 6.91. The first kappa shape index (κ1) is 46.2. The van der Waals surface area contributed by atoms with Crippen LogP contribution in [0.2, 0.25) is 0 Å². The third-order valence-corrected chi connectivity index (χ3v) is 17.4. The summed E-state index contributed by atoms with van der Waals surface area (Å²) in [7, 11) is 5.19. The molecule has 8 aliphatic heterocycles. The van der Waals surface area contributed by atoms with E-state index in [2.05, 4.69) is 33.0 Å². The van der Waals surface area contributed by atoms with Crippen molar-refractivity contribution in [2.75, 3.05) is 39.2 Å². The Bertz CT molecular complexity index is 1890. The Hall–Kier alpha value is -2.89. The van der Waals surface area contributed by atoms with Gasteiger partial charge < -0.3 is 38.8 Å². The molecule has 1 aromatic rings. The van der Waals surface area contributed by atoms with E-state index in [1.807, 2.05) is 57.1 Å². The van der Waals surface area contributed by atoms with Crippen molar-refractivity contribution in [1.82, 2.24) is 10.2 Å². The third-order valence-electron chi connectivity index (χ3n) is 17.4. The Kier molecular flexibility index (Phi) is 12.7. The highest BCUT2D eigenvalue weighted by Gasteiger charge is 2.70. The molecule has 0 radical (unpaired) electrons. The normalized spacial score (nSPS) is 43.5. The highest BCUT2D eigenvalue weighted by molar-refractivity contribution is 5.98. The van der Waals surface area contributed by atoms with Crippen molar-refractivity contribution in [3.05, 3.63) is 29.8 Å². The van der Waals surface area contributed by atoms with Gasteiger partial charge in [0.15, 0.2) is 23.8 Å². The summed E-state index contributed by atoms with van der Waals surface area (Å²) in [5.74, 6) is -1.20. The van der Waals surface area contributed by atoms with E-state index in [1.165, 1.54) is 7.11 Å². The average molecular weight is 896 g/mol. The van der Waals surface area contributed by atoms with Crippen LogP contribution in [0.15, 0.2) is 24.3 Å². The smallest absolute Gasteiger partial charge is 0.325 e. The maximum absolute atomic E-state index is 14.9. The van der Waals surface area contributed by atoms with E-state index in [0.717, 1.165) is 50.6 Å². The monoisotopic (exact) mass is 896 g/mol. The van der Waals surface area contributed by atoms with Crippen molar-refractivity contribution in [3.63, 3.8) is 0 Å². The summed E-state index contributed by atoms with van der Waals surface area (Å²) >= 11 is 0. The van der Waals surface area contributed by atoms with E-state index < -0.39 is 53.3 Å². The second kappa shape index (κ2) is 17.6. The van der Waals surface area contributed by atoms with E-state index >= 15 is 0 Å². The molecule has 15 heteroatoms. The Morgan fingerprint density at radius 2 is 1.27 bits per heavy atom. The third kappa shape index (κ3) is 7.88. The van der Waals surface area contributed by atoms with E-state index in [9.17, 15) is 14.4 Å². The molecule has 2 amide bonds. The SMILES string of the molecule is COC(=O)CNC(=O)C(CC[C@H]1O[C@@H]2O[C@@]3(C)CC[C@H]4[C@H](C)CC[C@@H]([C@H]1C)[C@@]24OO3)N(CCC[C@H]1O[C@@H]2O[C@@]3(C)CC[C@H]4[C@H](C)CC[C@@H]([C@H]1C)[C@@]24OO3)C(=O)c1ccc(N(C)C)cc1. The standard InChI is InChI=1S/C49H73N3O12/c1-28-12-18-36-30(3)39(57-44-48(36)34(28)22-24-46(5,59-44)61-63-48)11-10-26-52(43(55)32-14-16-33(17-15-32)51(7)8)38(42(54)50-27-41(53)56-9)20-21-40-31(4)37-19-13-29(2)35-23-25-47(6)60-45(58-40)49(35,37)64-62-47/h14-17,28-31,34-40,44-45H,10-13,18-27H2,1-9H3,(H,50,54)/t28-,29-,30-,31-,34+,35+,36+,37+,38?,39-,40-,44-,45-,46-,47-,48-,49-/m1/s1. The van der Waals surface area contributed by atoms with Gasteiger partial charge in [0.2, 0.25) is 17.5 Å². The number of anilines is 1. The van der Waals surface area contributed by atoms with E-state index in [0.29, 0.717) is 43.1 Å². The van der Waals surface area contributed by atoms with Crippen molar-refractivity contribution < 1.29 is 57.6 Å². The second-order valence-corrected chi connectivity index (χ2v) is 21.4. The van der Waals surface area contributed by atoms with Gasteiger partial charge in [0.25, 0.3) is 5.91 Å². The number of benzene rings is 1. The summed E-state index contributed by atoms with van der Waals surface area (Å²) in [5, 5.41) is 2.81. The van der Waals surface area contributed by atoms with Gasteiger partial charge in [0.1, 0.15) is 12.6 Å². The molecule has 0 aromatic heterocycles.